The van der Waals surface area contributed by atoms with Crippen molar-refractivity contribution in [1.82, 2.24) is 4.90 Å². The second-order valence-electron chi connectivity index (χ2n) is 6.60. The van der Waals surface area contributed by atoms with E-state index in [2.05, 4.69) is 0 Å². The van der Waals surface area contributed by atoms with Crippen molar-refractivity contribution in [1.29, 1.82) is 0 Å². The molecule has 1 fully saturated rings. The molecule has 0 spiro atoms. The van der Waals surface area contributed by atoms with E-state index in [9.17, 15) is 9.59 Å². The summed E-state index contributed by atoms with van der Waals surface area (Å²) in [7, 11) is 0. The Balaban J connectivity index is 1.68. The molecule has 24 heavy (non-hydrogen) atoms. The number of hydrogen-bond donors (Lipinski definition) is 0. The Kier molecular flexibility index (Phi) is 3.50. The summed E-state index contributed by atoms with van der Waals surface area (Å²) in [5, 5.41) is 0. The number of benzene rings is 2. The number of morpholine rings is 1. The number of amides is 1. The zero-order valence-corrected chi connectivity index (χ0v) is 13.8. The number of carbonyl (C=O) groups excluding carboxylic acids is 2. The molecule has 2 aliphatic rings. The van der Waals surface area contributed by atoms with Crippen molar-refractivity contribution < 1.29 is 14.3 Å². The predicted molar refractivity (Wildman–Crippen MR) is 91.2 cm³/mol. The first-order valence-corrected chi connectivity index (χ1v) is 8.27. The third-order valence-corrected chi connectivity index (χ3v) is 4.68. The lowest BCUT2D eigenvalue weighted by atomic mass is 10.0. The predicted octanol–water partition coefficient (Wildman–Crippen LogP) is 3.15. The quantitative estimate of drug-likeness (QED) is 0.692. The van der Waals surface area contributed by atoms with Crippen LogP contribution in [0.5, 0.6) is 0 Å². The van der Waals surface area contributed by atoms with Gasteiger partial charge in [-0.15, -0.1) is 0 Å². The van der Waals surface area contributed by atoms with Crippen molar-refractivity contribution in [3.8, 4) is 11.1 Å². The molecule has 2 unspecified atom stereocenters. The molecule has 1 heterocycles. The number of ether oxygens (including phenoxy) is 1. The molecule has 1 aliphatic heterocycles. The minimum atomic E-state index is -0.0384. The van der Waals surface area contributed by atoms with E-state index in [0.29, 0.717) is 29.8 Å². The lowest BCUT2D eigenvalue weighted by Crippen LogP contribution is -2.48. The molecule has 0 aromatic heterocycles. The summed E-state index contributed by atoms with van der Waals surface area (Å²) < 4.78 is 5.69. The fraction of sp³-hybridized carbons (Fsp3) is 0.300. The molecule has 0 saturated carbocycles. The third-order valence-electron chi connectivity index (χ3n) is 4.68. The highest BCUT2D eigenvalue weighted by molar-refractivity contribution is 6.22. The van der Waals surface area contributed by atoms with Crippen LogP contribution in [0.3, 0.4) is 0 Å². The molecule has 4 rings (SSSR count). The van der Waals surface area contributed by atoms with Crippen LogP contribution in [0.25, 0.3) is 11.1 Å². The van der Waals surface area contributed by atoms with E-state index < -0.39 is 0 Å². The van der Waals surface area contributed by atoms with E-state index in [1.165, 1.54) is 0 Å². The van der Waals surface area contributed by atoms with Crippen molar-refractivity contribution in [3.05, 3.63) is 59.2 Å². The van der Waals surface area contributed by atoms with Gasteiger partial charge in [0.15, 0.2) is 5.78 Å². The standard InChI is InChI=1S/C20H19NO3/c1-12-10-21(11-13(2)24-12)20(23)14-7-8-16-15-5-3-4-6-17(15)19(22)18(16)9-14/h3-9,12-13H,10-11H2,1-2H3. The minimum Gasteiger partial charge on any atom is -0.372 e. The van der Waals surface area contributed by atoms with E-state index in [0.717, 1.165) is 11.1 Å². The summed E-state index contributed by atoms with van der Waals surface area (Å²) in [6, 6.07) is 13.0. The largest absolute Gasteiger partial charge is 0.372 e. The van der Waals surface area contributed by atoms with Crippen LogP contribution in [0, 0.1) is 0 Å². The fourth-order valence-electron chi connectivity index (χ4n) is 3.69. The number of fused-ring (bicyclic) bond motifs is 3. The molecule has 2 aromatic carbocycles. The molecule has 0 N–H and O–H groups in total. The second-order valence-corrected chi connectivity index (χ2v) is 6.60. The molecule has 4 nitrogen and oxygen atoms in total. The van der Waals surface area contributed by atoms with Gasteiger partial charge in [0.25, 0.3) is 5.91 Å². The highest BCUT2D eigenvalue weighted by Gasteiger charge is 2.30. The summed E-state index contributed by atoms with van der Waals surface area (Å²) in [6.07, 6.45) is 0.0519. The number of carbonyl (C=O) groups is 2. The summed E-state index contributed by atoms with van der Waals surface area (Å²) in [5.74, 6) is -0.0393. The van der Waals surface area contributed by atoms with Gasteiger partial charge in [0.2, 0.25) is 0 Å². The Morgan fingerprint density at radius 3 is 2.29 bits per heavy atom. The Bertz CT molecular complexity index is 833. The van der Waals surface area contributed by atoms with Gasteiger partial charge in [-0.25, -0.2) is 0 Å². The first-order valence-electron chi connectivity index (χ1n) is 8.27. The van der Waals surface area contributed by atoms with E-state index in [1.54, 1.807) is 6.07 Å². The molecule has 2 atom stereocenters. The summed E-state index contributed by atoms with van der Waals surface area (Å²) >= 11 is 0. The van der Waals surface area contributed by atoms with Crippen LogP contribution >= 0.6 is 0 Å². The van der Waals surface area contributed by atoms with Gasteiger partial charge in [-0.05, 0) is 37.1 Å². The van der Waals surface area contributed by atoms with Crippen LogP contribution in [0.4, 0.5) is 0 Å². The van der Waals surface area contributed by atoms with Crippen molar-refractivity contribution in [3.63, 3.8) is 0 Å². The maximum absolute atomic E-state index is 12.8. The van der Waals surface area contributed by atoms with Crippen LogP contribution < -0.4 is 0 Å². The number of ketones is 1. The van der Waals surface area contributed by atoms with Gasteiger partial charge in [0.05, 0.1) is 12.2 Å². The topological polar surface area (TPSA) is 46.6 Å². The van der Waals surface area contributed by atoms with E-state index >= 15 is 0 Å². The van der Waals surface area contributed by atoms with Gasteiger partial charge in [-0.1, -0.05) is 30.3 Å². The average Bonchev–Trinajstić information content (AvgIpc) is 2.86. The van der Waals surface area contributed by atoms with Crippen molar-refractivity contribution in [2.24, 2.45) is 0 Å². The van der Waals surface area contributed by atoms with Crippen molar-refractivity contribution in [2.75, 3.05) is 13.1 Å². The van der Waals surface area contributed by atoms with Gasteiger partial charge in [0.1, 0.15) is 0 Å². The summed E-state index contributed by atoms with van der Waals surface area (Å²) in [6.45, 7) is 5.10. The van der Waals surface area contributed by atoms with Crippen LogP contribution in [0.15, 0.2) is 42.5 Å². The Labute approximate surface area is 141 Å². The zero-order valence-electron chi connectivity index (χ0n) is 13.8. The lowest BCUT2D eigenvalue weighted by molar-refractivity contribution is -0.0586. The van der Waals surface area contributed by atoms with Crippen molar-refractivity contribution in [2.45, 2.75) is 26.1 Å². The van der Waals surface area contributed by atoms with Crippen LogP contribution in [-0.2, 0) is 4.74 Å². The van der Waals surface area contributed by atoms with Crippen molar-refractivity contribution >= 4 is 11.7 Å². The van der Waals surface area contributed by atoms with Gasteiger partial charge in [-0.3, -0.25) is 9.59 Å². The normalized spacial score (nSPS) is 22.2. The number of hydrogen-bond acceptors (Lipinski definition) is 3. The molecule has 0 bridgehead atoms. The molecular weight excluding hydrogens is 302 g/mol. The Morgan fingerprint density at radius 1 is 0.958 bits per heavy atom. The Hall–Kier alpha value is -2.46. The molecule has 2 aromatic rings. The van der Waals surface area contributed by atoms with Gasteiger partial charge >= 0.3 is 0 Å². The Morgan fingerprint density at radius 2 is 1.58 bits per heavy atom. The van der Waals surface area contributed by atoms with Gasteiger partial charge in [0, 0.05) is 29.8 Å². The summed E-state index contributed by atoms with van der Waals surface area (Å²) in [4.78, 5) is 27.2. The smallest absolute Gasteiger partial charge is 0.254 e. The second kappa shape index (κ2) is 5.56. The molecule has 1 aliphatic carbocycles. The van der Waals surface area contributed by atoms with E-state index in [1.807, 2.05) is 55.1 Å². The van der Waals surface area contributed by atoms with E-state index in [4.69, 9.17) is 4.74 Å². The minimum absolute atomic E-state index is 0.000960. The van der Waals surface area contributed by atoms with Gasteiger partial charge < -0.3 is 9.64 Å². The van der Waals surface area contributed by atoms with E-state index in [-0.39, 0.29) is 23.9 Å². The van der Waals surface area contributed by atoms with Crippen LogP contribution in [0.2, 0.25) is 0 Å². The molecule has 1 saturated heterocycles. The highest BCUT2D eigenvalue weighted by Crippen LogP contribution is 2.36. The molecule has 122 valence electrons. The maximum Gasteiger partial charge on any atom is 0.254 e. The zero-order chi connectivity index (χ0) is 16.8. The monoisotopic (exact) mass is 321 g/mol. The first-order chi connectivity index (χ1) is 11.5. The lowest BCUT2D eigenvalue weighted by Gasteiger charge is -2.35. The molecule has 4 heteroatoms. The number of rotatable bonds is 1. The van der Waals surface area contributed by atoms with Crippen LogP contribution in [0.1, 0.15) is 40.1 Å². The third kappa shape index (κ3) is 2.34. The van der Waals surface area contributed by atoms with Crippen LogP contribution in [-0.4, -0.2) is 41.9 Å². The molecular formula is C20H19NO3. The van der Waals surface area contributed by atoms with Gasteiger partial charge in [-0.2, -0.15) is 0 Å². The molecule has 1 amide bonds. The first kappa shape index (κ1) is 15.1. The number of nitrogens with zero attached hydrogens (tertiary/aromatic N) is 1. The SMILES string of the molecule is CC1CN(C(=O)c2ccc3c(c2)C(=O)c2ccccc2-3)CC(C)O1. The maximum atomic E-state index is 12.8. The highest BCUT2D eigenvalue weighted by atomic mass is 16.5. The molecule has 0 radical (unpaired) electrons. The fourth-order valence-corrected chi connectivity index (χ4v) is 3.69. The average molecular weight is 321 g/mol. The summed E-state index contributed by atoms with van der Waals surface area (Å²) in [5.41, 5.74) is 3.76.